The van der Waals surface area contributed by atoms with Crippen LogP contribution in [0.3, 0.4) is 0 Å². The summed E-state index contributed by atoms with van der Waals surface area (Å²) in [5.41, 5.74) is 5.05. The van der Waals surface area contributed by atoms with Crippen molar-refractivity contribution in [2.24, 2.45) is 7.05 Å². The number of carbonyl (C=O) groups excluding carboxylic acids is 1. The molecule has 0 saturated heterocycles. The van der Waals surface area contributed by atoms with E-state index in [1.54, 1.807) is 35.4 Å². The number of aromatic nitrogens is 3. The summed E-state index contributed by atoms with van der Waals surface area (Å²) in [6, 6.07) is 8.82. The Balaban J connectivity index is 1.33. The number of hydrogen-bond donors (Lipinski definition) is 0. The molecule has 28 heavy (non-hydrogen) atoms. The lowest BCUT2D eigenvalue weighted by Crippen LogP contribution is -2.30. The van der Waals surface area contributed by atoms with Crippen molar-refractivity contribution < 1.29 is 9.18 Å². The van der Waals surface area contributed by atoms with Gasteiger partial charge in [-0.15, -0.1) is 0 Å². The molecule has 2 aliphatic heterocycles. The topological polar surface area (TPSA) is 54.3 Å². The Kier molecular flexibility index (Phi) is 3.89. The lowest BCUT2D eigenvalue weighted by atomic mass is 10.1. The molecule has 0 bridgehead atoms. The van der Waals surface area contributed by atoms with Gasteiger partial charge in [-0.2, -0.15) is 5.10 Å². The average Bonchev–Trinajstić information content (AvgIpc) is 3.22. The highest BCUT2D eigenvalue weighted by Crippen LogP contribution is 2.27. The van der Waals surface area contributed by atoms with Crippen LogP contribution in [-0.2, 0) is 33.1 Å². The molecule has 5 rings (SSSR count). The van der Waals surface area contributed by atoms with Gasteiger partial charge in [0, 0.05) is 62.3 Å². The second-order valence-electron chi connectivity index (χ2n) is 7.38. The molecule has 4 heterocycles. The molecule has 142 valence electrons. The molecule has 2 aliphatic rings. The Morgan fingerprint density at radius 3 is 2.89 bits per heavy atom. The predicted molar refractivity (Wildman–Crippen MR) is 102 cm³/mol. The highest BCUT2D eigenvalue weighted by atomic mass is 19.1. The maximum atomic E-state index is 14.8. The van der Waals surface area contributed by atoms with Gasteiger partial charge in [-0.3, -0.25) is 14.5 Å². The number of halogens is 1. The first kappa shape index (κ1) is 16.9. The van der Waals surface area contributed by atoms with Gasteiger partial charge in [0.05, 0.1) is 23.5 Å². The molecule has 0 spiro atoms. The first-order valence-corrected chi connectivity index (χ1v) is 9.36. The minimum absolute atomic E-state index is 0.0910. The Labute approximate surface area is 162 Å². The summed E-state index contributed by atoms with van der Waals surface area (Å²) in [6.45, 7) is 2.21. The summed E-state index contributed by atoms with van der Waals surface area (Å²) >= 11 is 0. The van der Waals surface area contributed by atoms with E-state index in [0.717, 1.165) is 36.6 Å². The van der Waals surface area contributed by atoms with Crippen molar-refractivity contribution in [1.82, 2.24) is 19.7 Å². The van der Waals surface area contributed by atoms with E-state index in [9.17, 15) is 9.18 Å². The van der Waals surface area contributed by atoms with Crippen LogP contribution in [0.2, 0.25) is 0 Å². The minimum atomic E-state index is -0.286. The van der Waals surface area contributed by atoms with Crippen molar-refractivity contribution in [2.45, 2.75) is 26.1 Å². The fourth-order valence-electron chi connectivity index (χ4n) is 4.05. The third-order valence-electron chi connectivity index (χ3n) is 5.48. The van der Waals surface area contributed by atoms with Crippen LogP contribution < -0.4 is 4.90 Å². The molecule has 1 amide bonds. The maximum Gasteiger partial charge on any atom is 0.256 e. The average molecular weight is 377 g/mol. The molecular weight excluding hydrogens is 357 g/mol. The monoisotopic (exact) mass is 377 g/mol. The fourth-order valence-corrected chi connectivity index (χ4v) is 4.05. The van der Waals surface area contributed by atoms with E-state index in [1.165, 1.54) is 5.56 Å². The first-order chi connectivity index (χ1) is 13.6. The molecule has 1 aromatic carbocycles. The molecule has 0 radical (unpaired) electrons. The summed E-state index contributed by atoms with van der Waals surface area (Å²) < 4.78 is 16.6. The van der Waals surface area contributed by atoms with E-state index in [4.69, 9.17) is 0 Å². The zero-order valence-electron chi connectivity index (χ0n) is 15.6. The van der Waals surface area contributed by atoms with Crippen LogP contribution in [-0.4, -0.2) is 32.1 Å². The van der Waals surface area contributed by atoms with Gasteiger partial charge < -0.3 is 9.80 Å². The van der Waals surface area contributed by atoms with Crippen LogP contribution in [0.5, 0.6) is 0 Å². The molecule has 3 aromatic rings. The van der Waals surface area contributed by atoms with Crippen LogP contribution in [0.4, 0.5) is 10.1 Å². The van der Waals surface area contributed by atoms with Crippen molar-refractivity contribution in [3.63, 3.8) is 0 Å². The zero-order chi connectivity index (χ0) is 19.3. The predicted octanol–water partition coefficient (Wildman–Crippen LogP) is 2.67. The third-order valence-corrected chi connectivity index (χ3v) is 5.48. The molecule has 0 unspecified atom stereocenters. The van der Waals surface area contributed by atoms with E-state index in [1.807, 2.05) is 24.0 Å². The van der Waals surface area contributed by atoms with Gasteiger partial charge in [0.1, 0.15) is 5.82 Å². The molecule has 0 N–H and O–H groups in total. The van der Waals surface area contributed by atoms with Gasteiger partial charge in [0.25, 0.3) is 5.91 Å². The smallest absolute Gasteiger partial charge is 0.256 e. The van der Waals surface area contributed by atoms with Crippen molar-refractivity contribution in [3.8, 4) is 0 Å². The van der Waals surface area contributed by atoms with Gasteiger partial charge in [-0.25, -0.2) is 4.39 Å². The number of amides is 1. The zero-order valence-corrected chi connectivity index (χ0v) is 15.6. The number of pyridine rings is 1. The number of rotatable bonds is 3. The van der Waals surface area contributed by atoms with E-state index in [2.05, 4.69) is 15.0 Å². The van der Waals surface area contributed by atoms with Crippen LogP contribution in [0.1, 0.15) is 32.9 Å². The minimum Gasteiger partial charge on any atom is -0.367 e. The molecule has 0 aliphatic carbocycles. The van der Waals surface area contributed by atoms with E-state index in [0.29, 0.717) is 17.7 Å². The summed E-state index contributed by atoms with van der Waals surface area (Å²) in [5, 5.41) is 4.47. The Hall–Kier alpha value is -3.22. The standard InChI is InChI=1S/C21H20FN5O/c1-25-10-15-12-26(8-6-19(15)24-25)16-5-4-14(18(22)9-16)11-27-13-20-17(21(27)28)3-2-7-23-20/h2-5,7,9-10H,6,8,11-13H2,1H3. The van der Waals surface area contributed by atoms with Gasteiger partial charge in [-0.1, -0.05) is 6.07 Å². The van der Waals surface area contributed by atoms with Gasteiger partial charge in [0.2, 0.25) is 0 Å². The van der Waals surface area contributed by atoms with Crippen LogP contribution in [0, 0.1) is 5.82 Å². The molecule has 0 atom stereocenters. The number of carbonyl (C=O) groups is 1. The lowest BCUT2D eigenvalue weighted by molar-refractivity contribution is 0.0765. The molecule has 6 nitrogen and oxygen atoms in total. The second kappa shape index (κ2) is 6.44. The number of hydrogen-bond acceptors (Lipinski definition) is 4. The summed E-state index contributed by atoms with van der Waals surface area (Å²) in [4.78, 5) is 20.5. The molecule has 7 heteroatoms. The molecular formula is C21H20FN5O. The van der Waals surface area contributed by atoms with Crippen molar-refractivity contribution in [3.05, 3.63) is 76.6 Å². The number of fused-ring (bicyclic) bond motifs is 2. The quantitative estimate of drug-likeness (QED) is 0.704. The fraction of sp³-hybridized carbons (Fsp3) is 0.286. The van der Waals surface area contributed by atoms with Gasteiger partial charge in [0.15, 0.2) is 0 Å². The van der Waals surface area contributed by atoms with Crippen molar-refractivity contribution >= 4 is 11.6 Å². The van der Waals surface area contributed by atoms with Gasteiger partial charge >= 0.3 is 0 Å². The highest BCUT2D eigenvalue weighted by molar-refractivity contribution is 5.97. The summed E-state index contributed by atoms with van der Waals surface area (Å²) in [5.74, 6) is -0.377. The molecule has 2 aromatic heterocycles. The number of anilines is 1. The van der Waals surface area contributed by atoms with Crippen LogP contribution >= 0.6 is 0 Å². The van der Waals surface area contributed by atoms with Crippen molar-refractivity contribution in [1.29, 1.82) is 0 Å². The molecule has 0 fully saturated rings. The number of nitrogens with zero attached hydrogens (tertiary/aromatic N) is 5. The molecule has 0 saturated carbocycles. The second-order valence-corrected chi connectivity index (χ2v) is 7.38. The van der Waals surface area contributed by atoms with Crippen LogP contribution in [0.15, 0.2) is 42.7 Å². The third kappa shape index (κ3) is 2.83. The number of benzene rings is 1. The summed E-state index contributed by atoms with van der Waals surface area (Å²) in [6.07, 6.45) is 4.56. The SMILES string of the molecule is Cn1cc2c(n1)CCN(c1ccc(CN3Cc4ncccc4C3=O)c(F)c1)C2. The van der Waals surface area contributed by atoms with E-state index in [-0.39, 0.29) is 18.3 Å². The summed E-state index contributed by atoms with van der Waals surface area (Å²) in [7, 11) is 1.92. The Morgan fingerprint density at radius 1 is 1.18 bits per heavy atom. The largest absolute Gasteiger partial charge is 0.367 e. The Bertz CT molecular complexity index is 1080. The Morgan fingerprint density at radius 2 is 2.07 bits per heavy atom. The first-order valence-electron chi connectivity index (χ1n) is 9.36. The highest BCUT2D eigenvalue weighted by Gasteiger charge is 2.29. The normalized spacial score (nSPS) is 15.7. The number of aryl methyl sites for hydroxylation is 1. The van der Waals surface area contributed by atoms with E-state index < -0.39 is 0 Å². The van der Waals surface area contributed by atoms with Crippen LogP contribution in [0.25, 0.3) is 0 Å². The maximum absolute atomic E-state index is 14.8. The lowest BCUT2D eigenvalue weighted by Gasteiger charge is -2.28. The van der Waals surface area contributed by atoms with Crippen molar-refractivity contribution in [2.75, 3.05) is 11.4 Å². The van der Waals surface area contributed by atoms with Gasteiger partial charge in [-0.05, 0) is 24.3 Å². The van der Waals surface area contributed by atoms with E-state index >= 15 is 0 Å².